The zero-order valence-corrected chi connectivity index (χ0v) is 13.4. The monoisotopic (exact) mass is 323 g/mol. The first kappa shape index (κ1) is 15.6. The number of hydrogen-bond donors (Lipinski definition) is 2. The summed E-state index contributed by atoms with van der Waals surface area (Å²) in [4.78, 5) is 29.9. The lowest BCUT2D eigenvalue weighted by Crippen LogP contribution is -2.18. The minimum Gasteiger partial charge on any atom is -0.382 e. The number of nitrogens with zero attached hydrogens (tertiary/aromatic N) is 5. The van der Waals surface area contributed by atoms with Crippen LogP contribution in [0.5, 0.6) is 0 Å². The van der Waals surface area contributed by atoms with Crippen molar-refractivity contribution in [1.29, 1.82) is 0 Å². The minimum absolute atomic E-state index is 0.0411. The SMILES string of the molecule is CC(=O)c1ccc(N(C)Cc2cnc3nc(N)nc(N)c3n2)cc1. The Morgan fingerprint density at radius 2 is 1.83 bits per heavy atom. The predicted molar refractivity (Wildman–Crippen MR) is 92.5 cm³/mol. The second kappa shape index (κ2) is 6.07. The predicted octanol–water partition coefficient (Wildman–Crippen LogP) is 1.42. The normalized spacial score (nSPS) is 10.8. The fourth-order valence-electron chi connectivity index (χ4n) is 2.34. The molecule has 4 N–H and O–H groups in total. The molecule has 2 aromatic heterocycles. The summed E-state index contributed by atoms with van der Waals surface area (Å²) in [7, 11) is 1.93. The topological polar surface area (TPSA) is 124 Å². The van der Waals surface area contributed by atoms with Crippen LogP contribution in [0.3, 0.4) is 0 Å². The maximum atomic E-state index is 11.3. The van der Waals surface area contributed by atoms with Crippen LogP contribution in [-0.4, -0.2) is 32.8 Å². The molecule has 3 aromatic rings. The quantitative estimate of drug-likeness (QED) is 0.691. The van der Waals surface area contributed by atoms with Crippen molar-refractivity contribution in [3.63, 3.8) is 0 Å². The molecule has 0 atom stereocenters. The van der Waals surface area contributed by atoms with Crippen LogP contribution in [0.2, 0.25) is 0 Å². The van der Waals surface area contributed by atoms with E-state index in [0.717, 1.165) is 11.4 Å². The van der Waals surface area contributed by atoms with E-state index in [2.05, 4.69) is 19.9 Å². The smallest absolute Gasteiger partial charge is 0.224 e. The van der Waals surface area contributed by atoms with Gasteiger partial charge in [0.25, 0.3) is 0 Å². The first-order valence-electron chi connectivity index (χ1n) is 7.31. The molecule has 0 fully saturated rings. The van der Waals surface area contributed by atoms with Crippen molar-refractivity contribution in [2.45, 2.75) is 13.5 Å². The molecule has 3 rings (SSSR count). The lowest BCUT2D eigenvalue weighted by Gasteiger charge is -2.19. The Morgan fingerprint density at radius 1 is 1.12 bits per heavy atom. The third kappa shape index (κ3) is 3.07. The van der Waals surface area contributed by atoms with Gasteiger partial charge in [0.15, 0.2) is 22.8 Å². The van der Waals surface area contributed by atoms with E-state index in [-0.39, 0.29) is 17.5 Å². The molecule has 8 nitrogen and oxygen atoms in total. The molecule has 1 aromatic carbocycles. The third-order valence-electron chi connectivity index (χ3n) is 3.61. The molecule has 0 radical (unpaired) electrons. The lowest BCUT2D eigenvalue weighted by molar-refractivity contribution is 0.101. The second-order valence-corrected chi connectivity index (χ2v) is 5.46. The van der Waals surface area contributed by atoms with Crippen LogP contribution in [0, 0.1) is 0 Å². The largest absolute Gasteiger partial charge is 0.382 e. The number of carbonyl (C=O) groups is 1. The Kier molecular flexibility index (Phi) is 3.95. The van der Waals surface area contributed by atoms with Crippen LogP contribution in [-0.2, 0) is 6.54 Å². The highest BCUT2D eigenvalue weighted by Gasteiger charge is 2.10. The number of ketones is 1. The number of rotatable bonds is 4. The molecule has 0 aliphatic carbocycles. The van der Waals surface area contributed by atoms with Gasteiger partial charge in [-0.15, -0.1) is 0 Å². The van der Waals surface area contributed by atoms with E-state index >= 15 is 0 Å². The molecule has 0 saturated heterocycles. The van der Waals surface area contributed by atoms with E-state index in [9.17, 15) is 4.79 Å². The lowest BCUT2D eigenvalue weighted by atomic mass is 10.1. The van der Waals surface area contributed by atoms with E-state index < -0.39 is 0 Å². The van der Waals surface area contributed by atoms with E-state index in [1.54, 1.807) is 25.3 Å². The summed E-state index contributed by atoms with van der Waals surface area (Å²) in [5.74, 6) is 0.324. The first-order chi connectivity index (χ1) is 11.4. The van der Waals surface area contributed by atoms with E-state index in [0.29, 0.717) is 23.3 Å². The van der Waals surface area contributed by atoms with Gasteiger partial charge in [0.2, 0.25) is 5.95 Å². The summed E-state index contributed by atoms with van der Waals surface area (Å²) < 4.78 is 0. The maximum absolute atomic E-state index is 11.3. The molecular weight excluding hydrogens is 306 g/mol. The molecule has 0 amide bonds. The van der Waals surface area contributed by atoms with Gasteiger partial charge in [0.1, 0.15) is 0 Å². The molecule has 0 aliphatic rings. The summed E-state index contributed by atoms with van der Waals surface area (Å²) in [6, 6.07) is 7.39. The van der Waals surface area contributed by atoms with Crippen molar-refractivity contribution in [3.05, 3.63) is 41.7 Å². The molecule has 0 bridgehead atoms. The minimum atomic E-state index is 0.0411. The van der Waals surface area contributed by atoms with Gasteiger partial charge in [-0.05, 0) is 31.2 Å². The number of fused-ring (bicyclic) bond motifs is 1. The summed E-state index contributed by atoms with van der Waals surface area (Å²) in [5.41, 5.74) is 14.6. The summed E-state index contributed by atoms with van der Waals surface area (Å²) >= 11 is 0. The number of carbonyl (C=O) groups excluding carboxylic acids is 1. The molecule has 122 valence electrons. The van der Waals surface area contributed by atoms with Crippen LogP contribution in [0.4, 0.5) is 17.5 Å². The fourth-order valence-corrected chi connectivity index (χ4v) is 2.34. The Morgan fingerprint density at radius 3 is 2.50 bits per heavy atom. The number of aromatic nitrogens is 4. The number of nitrogens with two attached hydrogens (primary N) is 2. The molecular formula is C16H17N7O. The van der Waals surface area contributed by atoms with Gasteiger partial charge >= 0.3 is 0 Å². The molecule has 8 heteroatoms. The van der Waals surface area contributed by atoms with E-state index in [1.807, 2.05) is 24.1 Å². The highest BCUT2D eigenvalue weighted by Crippen LogP contribution is 2.18. The van der Waals surface area contributed by atoms with E-state index in [4.69, 9.17) is 11.5 Å². The molecule has 0 unspecified atom stereocenters. The van der Waals surface area contributed by atoms with Gasteiger partial charge in [-0.2, -0.15) is 9.97 Å². The maximum Gasteiger partial charge on any atom is 0.224 e. The van der Waals surface area contributed by atoms with Crippen LogP contribution in [0.25, 0.3) is 11.2 Å². The molecule has 0 aliphatic heterocycles. The molecule has 0 saturated carbocycles. The Bertz CT molecular complexity index is 908. The Balaban J connectivity index is 1.84. The number of anilines is 3. The van der Waals surface area contributed by atoms with Gasteiger partial charge < -0.3 is 16.4 Å². The zero-order chi connectivity index (χ0) is 17.3. The van der Waals surface area contributed by atoms with Gasteiger partial charge in [-0.3, -0.25) is 4.79 Å². The average molecular weight is 323 g/mol. The standard InChI is InChI=1S/C16H17N7O/c1-9(24)10-3-5-12(6-4-10)23(2)8-11-7-19-15-13(20-11)14(17)21-16(18)22-15/h3-7H,8H2,1-2H3,(H4,17,18,19,21,22). The zero-order valence-electron chi connectivity index (χ0n) is 13.4. The highest BCUT2D eigenvalue weighted by atomic mass is 16.1. The van der Waals surface area contributed by atoms with Crippen LogP contribution >= 0.6 is 0 Å². The van der Waals surface area contributed by atoms with Crippen molar-refractivity contribution < 1.29 is 4.79 Å². The summed E-state index contributed by atoms with van der Waals surface area (Å²) in [6.07, 6.45) is 1.63. The van der Waals surface area contributed by atoms with Gasteiger partial charge in [0, 0.05) is 18.3 Å². The van der Waals surface area contributed by atoms with Crippen LogP contribution in [0.15, 0.2) is 30.5 Å². The van der Waals surface area contributed by atoms with Crippen molar-refractivity contribution in [2.24, 2.45) is 0 Å². The number of hydrogen-bond acceptors (Lipinski definition) is 8. The molecule has 2 heterocycles. The van der Waals surface area contributed by atoms with E-state index in [1.165, 1.54) is 0 Å². The fraction of sp³-hybridized carbons (Fsp3) is 0.188. The van der Waals surface area contributed by atoms with Crippen molar-refractivity contribution in [1.82, 2.24) is 19.9 Å². The third-order valence-corrected chi connectivity index (χ3v) is 3.61. The van der Waals surface area contributed by atoms with Crippen molar-refractivity contribution in [3.8, 4) is 0 Å². The number of Topliss-reactive ketones (excluding diaryl/α,β-unsaturated/α-hetero) is 1. The second-order valence-electron chi connectivity index (χ2n) is 5.46. The number of benzene rings is 1. The molecule has 0 spiro atoms. The van der Waals surface area contributed by atoms with Gasteiger partial charge in [0.05, 0.1) is 18.4 Å². The summed E-state index contributed by atoms with van der Waals surface area (Å²) in [5, 5.41) is 0. The Labute approximate surface area is 138 Å². The van der Waals surface area contributed by atoms with Gasteiger partial charge in [-0.1, -0.05) is 0 Å². The first-order valence-corrected chi connectivity index (χ1v) is 7.31. The van der Waals surface area contributed by atoms with Crippen molar-refractivity contribution >= 4 is 34.4 Å². The molecule has 24 heavy (non-hydrogen) atoms. The summed E-state index contributed by atoms with van der Waals surface area (Å²) in [6.45, 7) is 2.06. The average Bonchev–Trinajstić information content (AvgIpc) is 2.55. The van der Waals surface area contributed by atoms with Gasteiger partial charge in [-0.25, -0.2) is 9.97 Å². The van der Waals surface area contributed by atoms with Crippen molar-refractivity contribution in [2.75, 3.05) is 23.4 Å². The van der Waals surface area contributed by atoms with Crippen LogP contribution < -0.4 is 16.4 Å². The number of nitrogen functional groups attached to an aromatic ring is 2. The van der Waals surface area contributed by atoms with Crippen LogP contribution in [0.1, 0.15) is 23.0 Å². The highest BCUT2D eigenvalue weighted by molar-refractivity contribution is 5.94. The Hall–Kier alpha value is -3.29.